The van der Waals surface area contributed by atoms with Crippen LogP contribution in [0.4, 0.5) is 14.5 Å². The van der Waals surface area contributed by atoms with Gasteiger partial charge in [-0.3, -0.25) is 9.40 Å². The van der Waals surface area contributed by atoms with E-state index >= 15 is 0 Å². The molecule has 156 valence electrons. The highest BCUT2D eigenvalue weighted by Crippen LogP contribution is 2.35. The van der Waals surface area contributed by atoms with Crippen molar-refractivity contribution in [2.75, 3.05) is 17.8 Å². The van der Waals surface area contributed by atoms with Crippen LogP contribution in [0.1, 0.15) is 12.0 Å². The van der Waals surface area contributed by atoms with Crippen molar-refractivity contribution >= 4 is 26.8 Å². The molecule has 1 N–H and O–H groups in total. The minimum absolute atomic E-state index is 0.0215. The number of rotatable bonds is 5. The second kappa shape index (κ2) is 7.55. The maximum atomic E-state index is 14.5. The van der Waals surface area contributed by atoms with Crippen LogP contribution in [0.3, 0.4) is 0 Å². The van der Waals surface area contributed by atoms with Crippen LogP contribution in [0.25, 0.3) is 10.9 Å². The first kappa shape index (κ1) is 20.1. The zero-order chi connectivity index (χ0) is 21.5. The van der Waals surface area contributed by atoms with Gasteiger partial charge < -0.3 is 4.74 Å². The molecule has 2 aromatic carbocycles. The Hall–Kier alpha value is -3.23. The molecule has 0 spiro atoms. The molecule has 0 bridgehead atoms. The van der Waals surface area contributed by atoms with Crippen LogP contribution in [-0.2, 0) is 17.3 Å². The molecule has 0 amide bonds. The van der Waals surface area contributed by atoms with Crippen molar-refractivity contribution < 1.29 is 21.9 Å². The average molecular weight is 433 g/mol. The number of anilines is 1. The summed E-state index contributed by atoms with van der Waals surface area (Å²) in [6.07, 6.45) is 0.516. The highest BCUT2D eigenvalue weighted by atomic mass is 32.2. The van der Waals surface area contributed by atoms with Crippen LogP contribution >= 0.6 is 0 Å². The Morgan fingerprint density at radius 2 is 2.13 bits per heavy atom. The van der Waals surface area contributed by atoms with E-state index in [2.05, 4.69) is 9.82 Å². The summed E-state index contributed by atoms with van der Waals surface area (Å²) < 4.78 is 63.3. The molecule has 0 radical (unpaired) electrons. The molecule has 30 heavy (non-hydrogen) atoms. The van der Waals surface area contributed by atoms with Crippen LogP contribution in [-0.4, -0.2) is 41.8 Å². The van der Waals surface area contributed by atoms with E-state index in [1.165, 1.54) is 0 Å². The van der Waals surface area contributed by atoms with Gasteiger partial charge in [-0.05, 0) is 30.7 Å². The third-order valence-corrected chi connectivity index (χ3v) is 6.32. The molecule has 1 aromatic heterocycles. The van der Waals surface area contributed by atoms with Crippen molar-refractivity contribution in [2.45, 2.75) is 12.6 Å². The van der Waals surface area contributed by atoms with E-state index in [9.17, 15) is 22.5 Å². The standard InChI is InChI=1S/C19H17F2N5O3S/c1-25-18-8-14(3-2-12(18)10-23-25)29-19-15(9-22)17(5-4-16(19)21)24-30(27,28)26-7-6-13(20)11-26/h2-5,8,10,13,24H,6-7,11H2,1H3. The third-order valence-electron chi connectivity index (χ3n) is 4.83. The van der Waals surface area contributed by atoms with E-state index in [0.29, 0.717) is 0 Å². The van der Waals surface area contributed by atoms with Crippen molar-refractivity contribution in [3.63, 3.8) is 0 Å². The number of ether oxygens (including phenoxy) is 1. The Morgan fingerprint density at radius 3 is 2.83 bits per heavy atom. The van der Waals surface area contributed by atoms with Gasteiger partial charge in [0, 0.05) is 31.6 Å². The van der Waals surface area contributed by atoms with Crippen molar-refractivity contribution in [3.8, 4) is 17.6 Å². The van der Waals surface area contributed by atoms with Gasteiger partial charge in [-0.1, -0.05) is 0 Å². The summed E-state index contributed by atoms with van der Waals surface area (Å²) >= 11 is 0. The molecular formula is C19H17F2N5O3S. The van der Waals surface area contributed by atoms with E-state index in [-0.39, 0.29) is 36.5 Å². The smallest absolute Gasteiger partial charge is 0.301 e. The van der Waals surface area contributed by atoms with E-state index < -0.39 is 27.9 Å². The van der Waals surface area contributed by atoms with Crippen LogP contribution in [0, 0.1) is 17.1 Å². The van der Waals surface area contributed by atoms with Crippen molar-refractivity contribution in [3.05, 3.63) is 47.9 Å². The van der Waals surface area contributed by atoms with Crippen LogP contribution in [0.15, 0.2) is 36.5 Å². The van der Waals surface area contributed by atoms with E-state index in [0.717, 1.165) is 27.3 Å². The number of fused-ring (bicyclic) bond motifs is 1. The number of aromatic nitrogens is 2. The lowest BCUT2D eigenvalue weighted by Crippen LogP contribution is -2.34. The summed E-state index contributed by atoms with van der Waals surface area (Å²) in [6, 6.07) is 8.87. The topological polar surface area (TPSA) is 100 Å². The fourth-order valence-electron chi connectivity index (χ4n) is 3.27. The Balaban J connectivity index is 1.68. The first-order chi connectivity index (χ1) is 14.3. The predicted molar refractivity (Wildman–Crippen MR) is 106 cm³/mol. The SMILES string of the molecule is Cn1ncc2ccc(Oc3c(F)ccc(NS(=O)(=O)N4CCC(F)C4)c3C#N)cc21. The van der Waals surface area contributed by atoms with E-state index in [1.54, 1.807) is 42.2 Å². The molecule has 1 unspecified atom stereocenters. The number of alkyl halides is 1. The van der Waals surface area contributed by atoms with Gasteiger partial charge in [-0.25, -0.2) is 8.78 Å². The van der Waals surface area contributed by atoms with Crippen molar-refractivity contribution in [2.24, 2.45) is 7.05 Å². The highest BCUT2D eigenvalue weighted by Gasteiger charge is 2.32. The molecule has 1 aliphatic rings. The Labute approximate surface area is 171 Å². The van der Waals surface area contributed by atoms with Crippen molar-refractivity contribution in [1.29, 1.82) is 5.26 Å². The first-order valence-electron chi connectivity index (χ1n) is 9.02. The molecule has 3 aromatic rings. The lowest BCUT2D eigenvalue weighted by Gasteiger charge is -2.18. The summed E-state index contributed by atoms with van der Waals surface area (Å²) in [4.78, 5) is 0. The van der Waals surface area contributed by atoms with Gasteiger partial charge in [0.15, 0.2) is 11.6 Å². The second-order valence-corrected chi connectivity index (χ2v) is 8.52. The van der Waals surface area contributed by atoms with Gasteiger partial charge >= 0.3 is 10.2 Å². The average Bonchev–Trinajstić information content (AvgIpc) is 3.31. The highest BCUT2D eigenvalue weighted by molar-refractivity contribution is 7.90. The predicted octanol–water partition coefficient (Wildman–Crippen LogP) is 3.08. The Morgan fingerprint density at radius 1 is 1.33 bits per heavy atom. The van der Waals surface area contributed by atoms with Crippen molar-refractivity contribution in [1.82, 2.24) is 14.1 Å². The number of hydrogen-bond donors (Lipinski definition) is 1. The van der Waals surface area contributed by atoms with Crippen LogP contribution in [0.2, 0.25) is 0 Å². The number of benzene rings is 2. The number of halogens is 2. The first-order valence-corrected chi connectivity index (χ1v) is 10.5. The van der Waals surface area contributed by atoms with Crippen LogP contribution < -0.4 is 9.46 Å². The molecule has 1 fully saturated rings. The third kappa shape index (κ3) is 3.67. The number of hydrogen-bond acceptors (Lipinski definition) is 5. The van der Waals surface area contributed by atoms with Gasteiger partial charge in [0.05, 0.1) is 17.4 Å². The Kier molecular flexibility index (Phi) is 5.05. The molecular weight excluding hydrogens is 416 g/mol. The summed E-state index contributed by atoms with van der Waals surface area (Å²) in [6.45, 7) is -0.250. The fraction of sp³-hybridized carbons (Fsp3) is 0.263. The lowest BCUT2D eigenvalue weighted by atomic mass is 10.1. The number of aryl methyl sites for hydroxylation is 1. The number of nitriles is 1. The fourth-order valence-corrected chi connectivity index (χ4v) is 4.55. The minimum Gasteiger partial charge on any atom is -0.453 e. The molecule has 8 nitrogen and oxygen atoms in total. The summed E-state index contributed by atoms with van der Waals surface area (Å²) in [7, 11) is -2.37. The summed E-state index contributed by atoms with van der Waals surface area (Å²) in [5.41, 5.74) is 0.260. The van der Waals surface area contributed by atoms with Gasteiger partial charge in [0.25, 0.3) is 0 Å². The quantitative estimate of drug-likeness (QED) is 0.667. The van der Waals surface area contributed by atoms with Gasteiger partial charge in [-0.15, -0.1) is 0 Å². The zero-order valence-corrected chi connectivity index (χ0v) is 16.7. The molecule has 1 saturated heterocycles. The second-order valence-electron chi connectivity index (χ2n) is 6.85. The number of nitrogens with zero attached hydrogens (tertiary/aromatic N) is 4. The lowest BCUT2D eigenvalue weighted by molar-refractivity contribution is 0.343. The number of nitrogens with one attached hydrogen (secondary N) is 1. The molecule has 11 heteroatoms. The maximum absolute atomic E-state index is 14.5. The molecule has 1 aliphatic heterocycles. The molecule has 0 aliphatic carbocycles. The van der Waals surface area contributed by atoms with E-state index in [1.807, 2.05) is 0 Å². The minimum atomic E-state index is -4.11. The largest absolute Gasteiger partial charge is 0.453 e. The molecule has 2 heterocycles. The van der Waals surface area contributed by atoms with E-state index in [4.69, 9.17) is 4.74 Å². The summed E-state index contributed by atoms with van der Waals surface area (Å²) in [5.74, 6) is -0.991. The summed E-state index contributed by atoms with van der Waals surface area (Å²) in [5, 5.41) is 14.5. The maximum Gasteiger partial charge on any atom is 0.301 e. The van der Waals surface area contributed by atoms with Gasteiger partial charge in [0.2, 0.25) is 0 Å². The molecule has 4 rings (SSSR count). The van der Waals surface area contributed by atoms with Gasteiger partial charge in [0.1, 0.15) is 23.6 Å². The van der Waals surface area contributed by atoms with Gasteiger partial charge in [-0.2, -0.15) is 23.1 Å². The van der Waals surface area contributed by atoms with Crippen LogP contribution in [0.5, 0.6) is 11.5 Å². The zero-order valence-electron chi connectivity index (χ0n) is 15.8. The molecule has 1 atom stereocenters. The monoisotopic (exact) mass is 433 g/mol. The molecule has 0 saturated carbocycles. The Bertz CT molecular complexity index is 1270. The normalized spacial score (nSPS) is 17.2.